The average Bonchev–Trinajstić information content (AvgIpc) is 3.03. The summed E-state index contributed by atoms with van der Waals surface area (Å²) in [4.78, 5) is 17.3. The van der Waals surface area contributed by atoms with Gasteiger partial charge in [-0.25, -0.2) is 0 Å². The van der Waals surface area contributed by atoms with E-state index in [4.69, 9.17) is 4.74 Å². The second-order valence-corrected chi connectivity index (χ2v) is 7.66. The quantitative estimate of drug-likeness (QED) is 0.737. The summed E-state index contributed by atoms with van der Waals surface area (Å²) in [6, 6.07) is 15.8. The third-order valence-corrected chi connectivity index (χ3v) is 6.26. The van der Waals surface area contributed by atoms with Crippen LogP contribution in [0.25, 0.3) is 0 Å². The fourth-order valence-electron chi connectivity index (χ4n) is 2.70. The normalized spacial score (nSPS) is 16.6. The molecular weight excluding hydrogens is 352 g/mol. The van der Waals surface area contributed by atoms with Crippen LogP contribution in [0.2, 0.25) is 0 Å². The van der Waals surface area contributed by atoms with Crippen molar-refractivity contribution in [3.8, 4) is 5.75 Å². The number of amides is 1. The maximum absolute atomic E-state index is 11.9. The van der Waals surface area contributed by atoms with Crippen LogP contribution in [0.3, 0.4) is 0 Å². The number of aromatic nitrogens is 1. The smallest absolute Gasteiger partial charge is 0.234 e. The number of benzene rings is 1. The van der Waals surface area contributed by atoms with Crippen LogP contribution in [-0.2, 0) is 11.4 Å². The number of carbonyl (C=O) groups excluding carboxylic acids is 1. The van der Waals surface area contributed by atoms with Gasteiger partial charge in [0.2, 0.25) is 5.91 Å². The third-order valence-electron chi connectivity index (χ3n) is 3.86. The van der Waals surface area contributed by atoms with E-state index in [9.17, 15) is 4.79 Å². The van der Waals surface area contributed by atoms with E-state index in [1.165, 1.54) is 4.88 Å². The predicted octanol–water partition coefficient (Wildman–Crippen LogP) is 4.50. The first-order valence-corrected chi connectivity index (χ1v) is 9.84. The molecule has 4 rings (SSSR count). The maximum Gasteiger partial charge on any atom is 0.234 e. The van der Waals surface area contributed by atoms with E-state index >= 15 is 0 Å². The van der Waals surface area contributed by atoms with Crippen molar-refractivity contribution < 1.29 is 9.53 Å². The molecule has 0 unspecified atom stereocenters. The lowest BCUT2D eigenvalue weighted by atomic mass is 10.1. The van der Waals surface area contributed by atoms with E-state index in [0.29, 0.717) is 12.4 Å². The molecule has 4 nitrogen and oxygen atoms in total. The molecule has 1 aromatic carbocycles. The minimum Gasteiger partial charge on any atom is -0.487 e. The predicted molar refractivity (Wildman–Crippen MR) is 102 cm³/mol. The molecule has 1 N–H and O–H groups in total. The minimum absolute atomic E-state index is 0.0507. The number of anilines is 1. The van der Waals surface area contributed by atoms with Crippen LogP contribution in [0.1, 0.15) is 21.4 Å². The van der Waals surface area contributed by atoms with Crippen molar-refractivity contribution in [2.75, 3.05) is 11.1 Å². The van der Waals surface area contributed by atoms with Crippen LogP contribution in [0.5, 0.6) is 5.75 Å². The molecule has 0 radical (unpaired) electrons. The van der Waals surface area contributed by atoms with Crippen LogP contribution in [0.15, 0.2) is 60.1 Å². The van der Waals surface area contributed by atoms with Gasteiger partial charge in [0.15, 0.2) is 0 Å². The number of fused-ring (bicyclic) bond motifs is 1. The zero-order chi connectivity index (χ0) is 17.1. The van der Waals surface area contributed by atoms with Crippen molar-refractivity contribution in [3.63, 3.8) is 0 Å². The Morgan fingerprint density at radius 2 is 2.16 bits per heavy atom. The molecule has 6 heteroatoms. The number of pyridine rings is 1. The Labute approximate surface area is 154 Å². The van der Waals surface area contributed by atoms with Crippen LogP contribution < -0.4 is 10.1 Å². The van der Waals surface area contributed by atoms with E-state index in [1.54, 1.807) is 29.3 Å². The van der Waals surface area contributed by atoms with Gasteiger partial charge in [-0.3, -0.25) is 9.78 Å². The second kappa shape index (κ2) is 7.29. The summed E-state index contributed by atoms with van der Waals surface area (Å²) in [5.41, 5.74) is 2.96. The highest BCUT2D eigenvalue weighted by molar-refractivity contribution is 8.00. The van der Waals surface area contributed by atoms with Crippen molar-refractivity contribution in [2.24, 2.45) is 0 Å². The van der Waals surface area contributed by atoms with Crippen LogP contribution in [0, 0.1) is 0 Å². The first-order valence-electron chi connectivity index (χ1n) is 7.91. The number of nitrogens with one attached hydrogen (secondary N) is 1. The van der Waals surface area contributed by atoms with Gasteiger partial charge in [0.05, 0.1) is 22.4 Å². The highest BCUT2D eigenvalue weighted by atomic mass is 32.2. The number of hydrogen-bond donors (Lipinski definition) is 1. The zero-order valence-electron chi connectivity index (χ0n) is 13.3. The van der Waals surface area contributed by atoms with Crippen LogP contribution in [0.4, 0.5) is 5.69 Å². The van der Waals surface area contributed by atoms with Gasteiger partial charge in [0, 0.05) is 11.1 Å². The van der Waals surface area contributed by atoms with Crippen molar-refractivity contribution in [2.45, 2.75) is 11.9 Å². The Kier molecular flexibility index (Phi) is 4.72. The maximum atomic E-state index is 11.9. The number of rotatable bonds is 4. The molecule has 1 atom stereocenters. The number of ether oxygens (including phenoxy) is 1. The Bertz CT molecular complexity index is 880. The molecule has 3 heterocycles. The molecule has 1 aliphatic heterocycles. The summed E-state index contributed by atoms with van der Waals surface area (Å²) in [5, 5.41) is 5.13. The topological polar surface area (TPSA) is 51.2 Å². The number of nitrogens with zero attached hydrogens (tertiary/aromatic N) is 1. The van der Waals surface area contributed by atoms with Crippen molar-refractivity contribution in [1.29, 1.82) is 0 Å². The van der Waals surface area contributed by atoms with Gasteiger partial charge in [-0.15, -0.1) is 23.1 Å². The Balaban J connectivity index is 1.56. The summed E-state index contributed by atoms with van der Waals surface area (Å²) in [6.07, 6.45) is 1.76. The van der Waals surface area contributed by atoms with Gasteiger partial charge in [0.25, 0.3) is 0 Å². The van der Waals surface area contributed by atoms with Crippen molar-refractivity contribution in [1.82, 2.24) is 4.98 Å². The first-order chi connectivity index (χ1) is 12.3. The Hall–Kier alpha value is -2.31. The lowest BCUT2D eigenvalue weighted by molar-refractivity contribution is -0.113. The van der Waals surface area contributed by atoms with E-state index < -0.39 is 0 Å². The van der Waals surface area contributed by atoms with Crippen LogP contribution >= 0.6 is 23.1 Å². The molecule has 1 amide bonds. The summed E-state index contributed by atoms with van der Waals surface area (Å²) in [5.74, 6) is 1.31. The van der Waals surface area contributed by atoms with Crippen molar-refractivity contribution >= 4 is 34.7 Å². The molecule has 0 saturated carbocycles. The number of carbonyl (C=O) groups is 1. The fourth-order valence-corrected chi connectivity index (χ4v) is 4.94. The lowest BCUT2D eigenvalue weighted by Crippen LogP contribution is -2.11. The molecule has 0 spiro atoms. The molecule has 25 heavy (non-hydrogen) atoms. The fraction of sp³-hybridized carbons (Fsp3) is 0.158. The largest absolute Gasteiger partial charge is 0.487 e. The standard InChI is InChI=1S/C19H16N2O2S2/c22-17-12-25-18(19-16(21-17)7-9-24-19)13-4-3-6-15(10-13)23-11-14-5-1-2-8-20-14/h1-10,18H,11-12H2,(H,21,22)/t18-/m0/s1. The summed E-state index contributed by atoms with van der Waals surface area (Å²) >= 11 is 3.32. The molecule has 0 fully saturated rings. The molecular formula is C19H16N2O2S2. The van der Waals surface area contributed by atoms with Gasteiger partial charge in [-0.1, -0.05) is 18.2 Å². The van der Waals surface area contributed by atoms with Gasteiger partial charge in [-0.2, -0.15) is 0 Å². The molecule has 0 saturated heterocycles. The second-order valence-electron chi connectivity index (χ2n) is 5.62. The molecule has 1 aliphatic rings. The minimum atomic E-state index is 0.0507. The first kappa shape index (κ1) is 16.2. The number of hydrogen-bond acceptors (Lipinski definition) is 5. The highest BCUT2D eigenvalue weighted by Crippen LogP contribution is 2.44. The zero-order valence-corrected chi connectivity index (χ0v) is 15.0. The number of thiophene rings is 1. The van der Waals surface area contributed by atoms with E-state index in [0.717, 1.165) is 22.7 Å². The molecule has 126 valence electrons. The molecule has 3 aromatic rings. The third kappa shape index (κ3) is 3.70. The lowest BCUT2D eigenvalue weighted by Gasteiger charge is -2.15. The Morgan fingerprint density at radius 3 is 3.04 bits per heavy atom. The summed E-state index contributed by atoms with van der Waals surface area (Å²) in [7, 11) is 0. The van der Waals surface area contributed by atoms with Crippen molar-refractivity contribution in [3.05, 3.63) is 76.2 Å². The van der Waals surface area contributed by atoms with Gasteiger partial charge < -0.3 is 10.1 Å². The highest BCUT2D eigenvalue weighted by Gasteiger charge is 2.25. The van der Waals surface area contributed by atoms with Gasteiger partial charge in [-0.05, 0) is 41.3 Å². The summed E-state index contributed by atoms with van der Waals surface area (Å²) < 4.78 is 5.89. The van der Waals surface area contributed by atoms with Gasteiger partial charge in [0.1, 0.15) is 12.4 Å². The Morgan fingerprint density at radius 1 is 1.20 bits per heavy atom. The average molecular weight is 368 g/mol. The number of thioether (sulfide) groups is 1. The monoisotopic (exact) mass is 368 g/mol. The molecule has 2 aromatic heterocycles. The van der Waals surface area contributed by atoms with Gasteiger partial charge >= 0.3 is 0 Å². The summed E-state index contributed by atoms with van der Waals surface area (Å²) in [6.45, 7) is 0.437. The van der Waals surface area contributed by atoms with E-state index in [-0.39, 0.29) is 11.2 Å². The van der Waals surface area contributed by atoms with Crippen LogP contribution in [-0.4, -0.2) is 16.6 Å². The van der Waals surface area contributed by atoms with E-state index in [1.807, 2.05) is 41.8 Å². The van der Waals surface area contributed by atoms with E-state index in [2.05, 4.69) is 22.4 Å². The molecule has 0 bridgehead atoms. The SMILES string of the molecule is O=C1CS[C@@H](c2cccc(OCc3ccccn3)c2)c2sccc2N1. The molecule has 0 aliphatic carbocycles.